The lowest BCUT2D eigenvalue weighted by molar-refractivity contribution is 0.553. The minimum atomic E-state index is 1.26. The second-order valence-electron chi connectivity index (χ2n) is 19.6. The predicted molar refractivity (Wildman–Crippen MR) is 274 cm³/mol. The molecule has 0 nitrogen and oxygen atoms in total. The highest BCUT2D eigenvalue weighted by atomic mass is 14.2. The zero-order valence-corrected chi connectivity index (χ0v) is 41.6. The Balaban J connectivity index is 2.16. The van der Waals surface area contributed by atoms with Crippen LogP contribution in [0.2, 0.25) is 0 Å². The fourth-order valence-electron chi connectivity index (χ4n) is 10.0. The Morgan fingerprint density at radius 2 is 0.417 bits per heavy atom. The fourth-order valence-corrected chi connectivity index (χ4v) is 10.0. The van der Waals surface area contributed by atoms with Gasteiger partial charge in [-0.3, -0.25) is 0 Å². The van der Waals surface area contributed by atoms with E-state index in [9.17, 15) is 0 Å². The monoisotopic (exact) mass is 827 g/mol. The lowest BCUT2D eigenvalue weighted by Crippen LogP contribution is -2.03. The van der Waals surface area contributed by atoms with E-state index in [0.717, 1.165) is 0 Å². The second-order valence-corrected chi connectivity index (χ2v) is 19.6. The molecule has 2 aromatic rings. The summed E-state index contributed by atoms with van der Waals surface area (Å²) in [4.78, 5) is 0. The molecule has 60 heavy (non-hydrogen) atoms. The Morgan fingerprint density at radius 1 is 0.217 bits per heavy atom. The average Bonchev–Trinajstić information content (AvgIpc) is 3.26. The quantitative estimate of drug-likeness (QED) is 0.0584. The maximum absolute atomic E-state index is 2.54. The van der Waals surface area contributed by atoms with Gasteiger partial charge in [-0.05, 0) is 84.7 Å². The van der Waals surface area contributed by atoms with E-state index in [4.69, 9.17) is 0 Å². The molecule has 0 aromatic heterocycles. The van der Waals surface area contributed by atoms with Gasteiger partial charge < -0.3 is 0 Å². The normalized spacial score (nSPS) is 11.6. The van der Waals surface area contributed by atoms with Crippen LogP contribution < -0.4 is 0 Å². The number of hydrogen-bond donors (Lipinski definition) is 0. The molecule has 0 radical (unpaired) electrons. The topological polar surface area (TPSA) is 0 Å². The summed E-state index contributed by atoms with van der Waals surface area (Å²) in [6.07, 6.45) is 61.7. The summed E-state index contributed by atoms with van der Waals surface area (Å²) in [6.45, 7) is 9.31. The summed E-state index contributed by atoms with van der Waals surface area (Å²) in [5.41, 5.74) is 9.98. The van der Waals surface area contributed by atoms with Gasteiger partial charge in [0, 0.05) is 0 Å². The van der Waals surface area contributed by atoms with E-state index in [1.54, 1.807) is 33.4 Å². The molecule has 0 aliphatic carbocycles. The minimum Gasteiger partial charge on any atom is -0.0654 e. The first-order chi connectivity index (χ1) is 29.8. The van der Waals surface area contributed by atoms with Crippen molar-refractivity contribution in [2.24, 2.45) is 0 Å². The van der Waals surface area contributed by atoms with Crippen LogP contribution in [0.3, 0.4) is 0 Å². The van der Waals surface area contributed by atoms with E-state index < -0.39 is 0 Å². The van der Waals surface area contributed by atoms with Gasteiger partial charge in [0.1, 0.15) is 0 Å². The van der Waals surface area contributed by atoms with Crippen LogP contribution in [0.15, 0.2) is 36.4 Å². The standard InChI is InChI=1S/C60H106/c1-5-9-13-17-21-25-29-33-37-41-47-55-49-45-53-59(57(55)51-43-39-35-31-27-23-19-15-11-7-3)60-54-46-50-56(48-42-38-34-30-26-22-18-14-10-6-2)58(60)52-44-40-36-32-28-24-20-16-12-8-4/h45-46,49-50,53-54H,5-44,47-48,51-52H2,1-4H3. The molecule has 0 heterocycles. The molecule has 0 aliphatic heterocycles. The zero-order valence-electron chi connectivity index (χ0n) is 41.6. The molecule has 346 valence electrons. The van der Waals surface area contributed by atoms with E-state index in [1.807, 2.05) is 0 Å². The first-order valence-corrected chi connectivity index (χ1v) is 28.0. The molecule has 0 bridgehead atoms. The number of rotatable bonds is 45. The third kappa shape index (κ3) is 28.2. The molecule has 2 rings (SSSR count). The van der Waals surface area contributed by atoms with Crippen LogP contribution in [0.4, 0.5) is 0 Å². The van der Waals surface area contributed by atoms with E-state index in [0.29, 0.717) is 0 Å². The third-order valence-corrected chi connectivity index (χ3v) is 14.0. The van der Waals surface area contributed by atoms with Crippen LogP contribution in [0, 0.1) is 0 Å². The number of unbranched alkanes of at least 4 members (excludes halogenated alkanes) is 36. The van der Waals surface area contributed by atoms with Crippen LogP contribution in [-0.2, 0) is 25.7 Å². The highest BCUT2D eigenvalue weighted by Gasteiger charge is 2.16. The lowest BCUT2D eigenvalue weighted by atomic mass is 9.84. The minimum absolute atomic E-state index is 1.26. The zero-order chi connectivity index (χ0) is 42.8. The van der Waals surface area contributed by atoms with Gasteiger partial charge in [-0.15, -0.1) is 0 Å². The summed E-state index contributed by atoms with van der Waals surface area (Å²) in [6, 6.07) is 15.0. The van der Waals surface area contributed by atoms with E-state index in [2.05, 4.69) is 64.1 Å². The first kappa shape index (κ1) is 54.6. The van der Waals surface area contributed by atoms with Gasteiger partial charge in [0.25, 0.3) is 0 Å². The van der Waals surface area contributed by atoms with Gasteiger partial charge in [0.2, 0.25) is 0 Å². The van der Waals surface area contributed by atoms with Crippen molar-refractivity contribution in [1.29, 1.82) is 0 Å². The molecule has 0 spiro atoms. The van der Waals surface area contributed by atoms with Crippen LogP contribution in [0.1, 0.15) is 307 Å². The van der Waals surface area contributed by atoms with Crippen molar-refractivity contribution in [2.45, 2.75) is 310 Å². The van der Waals surface area contributed by atoms with Crippen molar-refractivity contribution in [3.8, 4) is 11.1 Å². The maximum Gasteiger partial charge on any atom is -0.0146 e. The molecule has 0 unspecified atom stereocenters. The SMILES string of the molecule is CCCCCCCCCCCCc1cccc(-c2cccc(CCCCCCCCCCCC)c2CCCCCCCCCCCC)c1CCCCCCCCCCCC. The Bertz CT molecular complexity index is 1100. The molecule has 0 atom stereocenters. The highest BCUT2D eigenvalue weighted by Crippen LogP contribution is 2.35. The van der Waals surface area contributed by atoms with Crippen LogP contribution in [0.5, 0.6) is 0 Å². The Kier molecular flexibility index (Phi) is 37.7. The van der Waals surface area contributed by atoms with Crippen LogP contribution in [-0.4, -0.2) is 0 Å². The number of benzene rings is 2. The molecule has 0 heteroatoms. The van der Waals surface area contributed by atoms with Crippen molar-refractivity contribution in [1.82, 2.24) is 0 Å². The van der Waals surface area contributed by atoms with E-state index >= 15 is 0 Å². The van der Waals surface area contributed by atoms with Gasteiger partial charge in [-0.25, -0.2) is 0 Å². The smallest absolute Gasteiger partial charge is 0.0146 e. The fraction of sp³-hybridized carbons (Fsp3) is 0.800. The van der Waals surface area contributed by atoms with E-state index in [1.165, 1.54) is 283 Å². The molecule has 0 saturated heterocycles. The summed E-state index contributed by atoms with van der Waals surface area (Å²) in [5.74, 6) is 0. The molecule has 0 saturated carbocycles. The molecule has 0 amide bonds. The molecule has 2 aromatic carbocycles. The van der Waals surface area contributed by atoms with Crippen molar-refractivity contribution >= 4 is 0 Å². The van der Waals surface area contributed by atoms with Gasteiger partial charge in [-0.2, -0.15) is 0 Å². The van der Waals surface area contributed by atoms with Gasteiger partial charge in [-0.1, -0.05) is 295 Å². The average molecular weight is 828 g/mol. The second kappa shape index (κ2) is 41.5. The van der Waals surface area contributed by atoms with Crippen LogP contribution >= 0.6 is 0 Å². The van der Waals surface area contributed by atoms with Gasteiger partial charge >= 0.3 is 0 Å². The molecule has 0 fully saturated rings. The number of hydrogen-bond acceptors (Lipinski definition) is 0. The molecule has 0 aliphatic rings. The maximum atomic E-state index is 2.54. The Labute approximate surface area is 378 Å². The number of aryl methyl sites for hydroxylation is 2. The third-order valence-electron chi connectivity index (χ3n) is 14.0. The summed E-state index contributed by atoms with van der Waals surface area (Å²) in [5, 5.41) is 0. The van der Waals surface area contributed by atoms with Crippen molar-refractivity contribution < 1.29 is 0 Å². The lowest BCUT2D eigenvalue weighted by Gasteiger charge is -2.21. The molecular weight excluding hydrogens is 721 g/mol. The summed E-state index contributed by atoms with van der Waals surface area (Å²) in [7, 11) is 0. The van der Waals surface area contributed by atoms with Gasteiger partial charge in [0.15, 0.2) is 0 Å². The summed E-state index contributed by atoms with van der Waals surface area (Å²) < 4.78 is 0. The van der Waals surface area contributed by atoms with Crippen LogP contribution in [0.25, 0.3) is 11.1 Å². The molecule has 0 N–H and O–H groups in total. The Morgan fingerprint density at radius 3 is 0.650 bits per heavy atom. The highest BCUT2D eigenvalue weighted by molar-refractivity contribution is 5.73. The summed E-state index contributed by atoms with van der Waals surface area (Å²) >= 11 is 0. The van der Waals surface area contributed by atoms with Crippen molar-refractivity contribution in [3.63, 3.8) is 0 Å². The molecular formula is C60H106. The van der Waals surface area contributed by atoms with Gasteiger partial charge in [0.05, 0.1) is 0 Å². The largest absolute Gasteiger partial charge is 0.0654 e. The van der Waals surface area contributed by atoms with Crippen molar-refractivity contribution in [3.05, 3.63) is 58.7 Å². The van der Waals surface area contributed by atoms with E-state index in [-0.39, 0.29) is 0 Å². The Hall–Kier alpha value is -1.56. The predicted octanol–water partition coefficient (Wildman–Crippen LogP) is 21.2. The van der Waals surface area contributed by atoms with Crippen molar-refractivity contribution in [2.75, 3.05) is 0 Å². The first-order valence-electron chi connectivity index (χ1n) is 28.0.